The van der Waals surface area contributed by atoms with E-state index in [0.29, 0.717) is 0 Å². The normalized spacial score (nSPS) is 36.2. The summed E-state index contributed by atoms with van der Waals surface area (Å²) in [6.45, 7) is -10.1. The summed E-state index contributed by atoms with van der Waals surface area (Å²) in [6.07, 6.45) is -33.0. The number of hydrogen-bond donors (Lipinski definition) is 28. The SMILES string of the molecule is O=C1CNC(=O)[C@H](CCC[C@H]2O[C@H](CO)[C@H](O)[C@H](O)[C@H]2O)NC(=O)CNC(=O)CNC(=O)[C@H](CCC[C@H]2O[C@H](CO)[C@H](O)[C@H](O)[C@H]2O)NC(=O)CNC(=O)CNC(=O)[C@H](CCC[C@H]2O[C@H](CO)[C@H](O)[C@H](O)[C@H]2O)NC(=O)CNC(=O)CNC(=O)[C@H](CCC[C@H]2O[C@H](CO)[C@H](O)[C@H](O)[C@H]2O)NC(=O)CN1. The number of aliphatic hydroxyl groups excluding tert-OH is 16. The first-order valence-electron chi connectivity index (χ1n) is 33.9. The summed E-state index contributed by atoms with van der Waals surface area (Å²) in [5.41, 5.74) is 0. The number of aliphatic hydroxyl groups is 16. The van der Waals surface area contributed by atoms with Gasteiger partial charge in [0.05, 0.1) is 103 Å². The van der Waals surface area contributed by atoms with Crippen LogP contribution in [0, 0.1) is 0 Å². The van der Waals surface area contributed by atoms with Gasteiger partial charge in [-0.1, -0.05) is 0 Å². The molecule has 0 unspecified atom stereocenters. The van der Waals surface area contributed by atoms with Crippen LogP contribution in [0.4, 0.5) is 0 Å². The zero-order valence-electron chi connectivity index (χ0n) is 56.5. The van der Waals surface area contributed by atoms with Crippen molar-refractivity contribution in [3.8, 4) is 0 Å². The fourth-order valence-electron chi connectivity index (χ4n) is 11.9. The third-order valence-corrected chi connectivity index (χ3v) is 18.0. The van der Waals surface area contributed by atoms with Crippen LogP contribution in [0.15, 0.2) is 0 Å². The third kappa shape index (κ3) is 26.7. The summed E-state index contributed by atoms with van der Waals surface area (Å²) in [5.74, 6) is -12.5. The van der Waals surface area contributed by atoms with Crippen LogP contribution in [-0.4, -0.2) is 378 Å². The largest absolute Gasteiger partial charge is 0.394 e. The Bertz CT molecular complexity index is 2480. The molecule has 104 heavy (non-hydrogen) atoms. The van der Waals surface area contributed by atoms with E-state index in [1.54, 1.807) is 0 Å². The highest BCUT2D eigenvalue weighted by Crippen LogP contribution is 2.29. The van der Waals surface area contributed by atoms with Gasteiger partial charge in [0.1, 0.15) is 122 Å². The van der Waals surface area contributed by atoms with Crippen LogP contribution in [0.2, 0.25) is 0 Å². The lowest BCUT2D eigenvalue weighted by Crippen LogP contribution is -2.58. The summed E-state index contributed by atoms with van der Waals surface area (Å²) >= 11 is 0. The molecule has 5 aliphatic rings. The molecular formula is C60H100N12O32. The molecule has 12 amide bonds. The van der Waals surface area contributed by atoms with Crippen molar-refractivity contribution >= 4 is 70.9 Å². The van der Waals surface area contributed by atoms with Gasteiger partial charge in [-0.05, 0) is 77.0 Å². The molecule has 592 valence electrons. The first kappa shape index (κ1) is 87.5. The lowest BCUT2D eigenvalue weighted by Gasteiger charge is -2.40. The van der Waals surface area contributed by atoms with E-state index in [2.05, 4.69) is 63.8 Å². The second-order valence-corrected chi connectivity index (χ2v) is 25.7. The molecule has 0 spiro atoms. The summed E-state index contributed by atoms with van der Waals surface area (Å²) in [5, 5.41) is 191. The van der Waals surface area contributed by atoms with Crippen LogP contribution in [0.25, 0.3) is 0 Å². The van der Waals surface area contributed by atoms with E-state index in [1.807, 2.05) is 0 Å². The molecule has 5 saturated heterocycles. The standard InChI is InChI=1S/C60H100N12O32/c73-21-33-49(89)53(93)45(85)29(101-33)9-1-5-25-57(97)65-13-37(77)62-18-42(82)70-27(7-3-11-31-47(87)55(95)51(91)35(23-75)103-31)59(99)67-15-39(79)64-20-44(84)72-28(8-4-12-32-48(88)56(96)52(92)36(24-76)104-32)60(100)68-16-40(80)63-19-43(83)71-26(58(98)66-14-38(78)61-17-41(81)69-25)6-2-10-30-46(86)54(94)50(90)34(22-74)102-30/h25-36,45-56,73-76,85-96H,1-24H2,(H,61,78)(H,62,77)(H,63,80)(H,64,79)(H,65,97)(H,66,98)(H,67,99)(H,68,100)(H,69,81)(H,70,82)(H,71,83)(H,72,84)/t25-,26-,27-,28-,29+,30+,31+,32+,33+,34+,35+,36+,45-,46-,47-,48-,49-,50-,51-,52-,53+,54+,55+,56+/m0/s1. The Labute approximate surface area is 593 Å². The van der Waals surface area contributed by atoms with Crippen LogP contribution in [0.5, 0.6) is 0 Å². The van der Waals surface area contributed by atoms with E-state index in [0.717, 1.165) is 0 Å². The van der Waals surface area contributed by atoms with Crippen molar-refractivity contribution in [1.82, 2.24) is 63.8 Å². The van der Waals surface area contributed by atoms with Gasteiger partial charge in [-0.3, -0.25) is 57.5 Å². The van der Waals surface area contributed by atoms with Crippen molar-refractivity contribution in [2.45, 2.75) is 223 Å². The monoisotopic (exact) mass is 1500 g/mol. The molecule has 5 fully saturated rings. The van der Waals surface area contributed by atoms with Crippen molar-refractivity contribution in [2.24, 2.45) is 0 Å². The van der Waals surface area contributed by atoms with Crippen LogP contribution >= 0.6 is 0 Å². The number of nitrogens with one attached hydrogen (secondary N) is 12. The minimum absolute atomic E-state index is 0.112. The van der Waals surface area contributed by atoms with Crippen LogP contribution in [-0.2, 0) is 76.5 Å². The molecule has 0 bridgehead atoms. The van der Waals surface area contributed by atoms with Gasteiger partial charge in [-0.25, -0.2) is 0 Å². The second kappa shape index (κ2) is 43.5. The van der Waals surface area contributed by atoms with Crippen LogP contribution in [0.3, 0.4) is 0 Å². The number of carbonyl (C=O) groups excluding carboxylic acids is 12. The zero-order valence-corrected chi connectivity index (χ0v) is 56.5. The predicted molar refractivity (Wildman–Crippen MR) is 342 cm³/mol. The average Bonchev–Trinajstić information content (AvgIpc) is 0.836. The second-order valence-electron chi connectivity index (χ2n) is 25.7. The molecule has 0 radical (unpaired) electrons. The topological polar surface area (TPSA) is 710 Å². The Hall–Kier alpha value is -7.16. The zero-order chi connectivity index (χ0) is 77.1. The molecule has 0 aromatic rings. The van der Waals surface area contributed by atoms with Gasteiger partial charge in [0.2, 0.25) is 70.9 Å². The average molecular weight is 1500 g/mol. The fourth-order valence-corrected chi connectivity index (χ4v) is 11.9. The van der Waals surface area contributed by atoms with E-state index < -0.39 is 296 Å². The lowest BCUT2D eigenvalue weighted by molar-refractivity contribution is -0.230. The fraction of sp³-hybridized carbons (Fsp3) is 0.800. The molecule has 0 aliphatic carbocycles. The number of amides is 12. The predicted octanol–water partition coefficient (Wildman–Crippen LogP) is -17.1. The van der Waals surface area contributed by atoms with Gasteiger partial charge in [0.15, 0.2) is 0 Å². The molecule has 5 heterocycles. The van der Waals surface area contributed by atoms with E-state index >= 15 is 0 Å². The minimum atomic E-state index is -1.76. The van der Waals surface area contributed by atoms with Gasteiger partial charge < -0.3 is 164 Å². The highest BCUT2D eigenvalue weighted by Gasteiger charge is 2.47. The Kier molecular flexibility index (Phi) is 36.6. The number of carbonyl (C=O) groups is 12. The van der Waals surface area contributed by atoms with Crippen molar-refractivity contribution in [3.63, 3.8) is 0 Å². The number of hydrogen-bond acceptors (Lipinski definition) is 32. The summed E-state index contributed by atoms with van der Waals surface area (Å²) in [7, 11) is 0. The van der Waals surface area contributed by atoms with Gasteiger partial charge >= 0.3 is 0 Å². The Morgan fingerprint density at radius 3 is 0.558 bits per heavy atom. The number of rotatable bonds is 20. The smallest absolute Gasteiger partial charge is 0.243 e. The molecule has 0 aromatic heterocycles. The molecule has 24 atom stereocenters. The Morgan fingerprint density at radius 1 is 0.221 bits per heavy atom. The Balaban J connectivity index is 1.35. The first-order valence-corrected chi connectivity index (χ1v) is 33.9. The third-order valence-electron chi connectivity index (χ3n) is 18.0. The summed E-state index contributed by atoms with van der Waals surface area (Å²) < 4.78 is 22.1. The first-order chi connectivity index (χ1) is 49.3. The molecule has 0 saturated carbocycles. The maximum Gasteiger partial charge on any atom is 0.243 e. The molecule has 28 N–H and O–H groups in total. The molecule has 5 aliphatic heterocycles. The number of ether oxygens (including phenoxy) is 4. The highest BCUT2D eigenvalue weighted by molar-refractivity contribution is 5.97. The Morgan fingerprint density at radius 2 is 0.385 bits per heavy atom. The summed E-state index contributed by atoms with van der Waals surface area (Å²) in [6, 6.07) is -6.28. The van der Waals surface area contributed by atoms with Crippen LogP contribution in [0.1, 0.15) is 77.0 Å². The van der Waals surface area contributed by atoms with Crippen molar-refractivity contribution < 1.29 is 158 Å². The molecule has 0 aromatic carbocycles. The van der Waals surface area contributed by atoms with Crippen LogP contribution < -0.4 is 63.8 Å². The molecule has 5 rings (SSSR count). The molecule has 44 nitrogen and oxygen atoms in total. The molecule has 44 heteroatoms. The van der Waals surface area contributed by atoms with Gasteiger partial charge in [-0.15, -0.1) is 0 Å². The molecular weight excluding hydrogens is 1400 g/mol. The van der Waals surface area contributed by atoms with Crippen molar-refractivity contribution in [3.05, 3.63) is 0 Å². The van der Waals surface area contributed by atoms with Crippen molar-refractivity contribution in [1.29, 1.82) is 0 Å². The van der Waals surface area contributed by atoms with Gasteiger partial charge in [0.25, 0.3) is 0 Å². The van der Waals surface area contributed by atoms with E-state index in [9.17, 15) is 139 Å². The minimum Gasteiger partial charge on any atom is -0.394 e. The highest BCUT2D eigenvalue weighted by atomic mass is 16.6. The summed E-state index contributed by atoms with van der Waals surface area (Å²) in [4.78, 5) is 161. The van der Waals surface area contributed by atoms with E-state index in [4.69, 9.17) is 18.9 Å². The van der Waals surface area contributed by atoms with Gasteiger partial charge in [-0.2, -0.15) is 0 Å². The maximum absolute atomic E-state index is 13.7. The van der Waals surface area contributed by atoms with E-state index in [-0.39, 0.29) is 77.0 Å². The quantitative estimate of drug-likeness (QED) is 0.0538. The lowest BCUT2D eigenvalue weighted by atomic mass is 9.92. The van der Waals surface area contributed by atoms with Gasteiger partial charge in [0, 0.05) is 0 Å². The maximum atomic E-state index is 13.7. The van der Waals surface area contributed by atoms with E-state index in [1.165, 1.54) is 0 Å². The van der Waals surface area contributed by atoms with Crippen molar-refractivity contribution in [2.75, 3.05) is 78.8 Å².